The second kappa shape index (κ2) is 5.54. The number of nitrogens with two attached hydrogens (primary N) is 1. The van der Waals surface area contributed by atoms with Gasteiger partial charge >= 0.3 is 0 Å². The van der Waals surface area contributed by atoms with E-state index in [-0.39, 0.29) is 0 Å². The molecule has 0 saturated carbocycles. The van der Waals surface area contributed by atoms with Crippen LogP contribution in [0.5, 0.6) is 11.5 Å². The molecule has 1 aromatic heterocycles. The first kappa shape index (κ1) is 14.2. The van der Waals surface area contributed by atoms with Crippen LogP contribution in [0, 0.1) is 6.92 Å². The monoisotopic (exact) mass is 362 g/mol. The third-order valence-corrected chi connectivity index (χ3v) is 3.84. The van der Waals surface area contributed by atoms with Gasteiger partial charge in [-0.1, -0.05) is 27.5 Å². The first-order valence-corrected chi connectivity index (χ1v) is 7.49. The van der Waals surface area contributed by atoms with E-state index in [2.05, 4.69) is 20.9 Å². The number of pyridine rings is 1. The predicted molar refractivity (Wildman–Crippen MR) is 90.1 cm³/mol. The van der Waals surface area contributed by atoms with Crippen LogP contribution in [-0.4, -0.2) is 4.98 Å². The summed E-state index contributed by atoms with van der Waals surface area (Å²) in [6.45, 7) is 1.96. The van der Waals surface area contributed by atoms with Crippen molar-refractivity contribution in [2.24, 2.45) is 0 Å². The highest BCUT2D eigenvalue weighted by atomic mass is 79.9. The van der Waals surface area contributed by atoms with Crippen LogP contribution in [0.1, 0.15) is 5.56 Å². The van der Waals surface area contributed by atoms with Crippen LogP contribution in [0.3, 0.4) is 0 Å². The lowest BCUT2D eigenvalue weighted by Crippen LogP contribution is -1.96. The molecule has 0 radical (unpaired) electrons. The molecule has 106 valence electrons. The Morgan fingerprint density at radius 1 is 1.19 bits per heavy atom. The van der Waals surface area contributed by atoms with Crippen molar-refractivity contribution < 1.29 is 4.74 Å². The van der Waals surface area contributed by atoms with Crippen LogP contribution in [0.4, 0.5) is 5.69 Å². The fourth-order valence-corrected chi connectivity index (χ4v) is 2.95. The maximum absolute atomic E-state index is 6.05. The minimum absolute atomic E-state index is 0.584. The Labute approximate surface area is 135 Å². The van der Waals surface area contributed by atoms with Gasteiger partial charge in [0.25, 0.3) is 0 Å². The third-order valence-electron chi connectivity index (χ3n) is 3.14. The smallest absolute Gasteiger partial charge is 0.153 e. The molecular weight excluding hydrogens is 352 g/mol. The molecule has 3 rings (SSSR count). The Morgan fingerprint density at radius 3 is 2.76 bits per heavy atom. The molecule has 21 heavy (non-hydrogen) atoms. The third kappa shape index (κ3) is 2.82. The van der Waals surface area contributed by atoms with Crippen molar-refractivity contribution in [3.63, 3.8) is 0 Å². The second-order valence-corrected chi connectivity index (χ2v) is 6.07. The predicted octanol–water partition coefficient (Wildman–Crippen LogP) is 5.33. The van der Waals surface area contributed by atoms with Crippen LogP contribution in [0.25, 0.3) is 10.9 Å². The number of halogens is 2. The highest BCUT2D eigenvalue weighted by Gasteiger charge is 2.10. The summed E-state index contributed by atoms with van der Waals surface area (Å²) in [5.74, 6) is 1.36. The average molecular weight is 364 g/mol. The van der Waals surface area contributed by atoms with E-state index >= 15 is 0 Å². The Hall–Kier alpha value is -1.78. The first-order chi connectivity index (χ1) is 10.0. The first-order valence-electron chi connectivity index (χ1n) is 6.32. The second-order valence-electron chi connectivity index (χ2n) is 4.71. The number of anilines is 1. The van der Waals surface area contributed by atoms with Gasteiger partial charge < -0.3 is 10.5 Å². The molecule has 3 nitrogen and oxygen atoms in total. The molecule has 5 heteroatoms. The van der Waals surface area contributed by atoms with Gasteiger partial charge in [-0.2, -0.15) is 0 Å². The highest BCUT2D eigenvalue weighted by Crippen LogP contribution is 2.36. The molecule has 2 N–H and O–H groups in total. The molecule has 0 aliphatic carbocycles. The van der Waals surface area contributed by atoms with Gasteiger partial charge in [0, 0.05) is 21.1 Å². The molecule has 0 spiro atoms. The number of aromatic nitrogens is 1. The van der Waals surface area contributed by atoms with Crippen molar-refractivity contribution in [2.75, 3.05) is 5.73 Å². The molecular formula is C16H12BrClN2O. The Bertz CT molecular complexity index is 813. The van der Waals surface area contributed by atoms with E-state index in [1.165, 1.54) is 0 Å². The molecule has 0 fully saturated rings. The zero-order chi connectivity index (χ0) is 15.0. The molecule has 0 atom stereocenters. The van der Waals surface area contributed by atoms with E-state index in [1.807, 2.05) is 43.3 Å². The van der Waals surface area contributed by atoms with E-state index in [1.54, 1.807) is 6.20 Å². The minimum atomic E-state index is 0.584. The standard InChI is InChI=1S/C16H12BrClN2O/c1-9-6-10(17)7-13(19)16(9)21-15-4-5-20-14-8-11(18)2-3-12(14)15/h2-8H,19H2,1H3. The molecule has 1 heterocycles. The van der Waals surface area contributed by atoms with Crippen molar-refractivity contribution in [2.45, 2.75) is 6.92 Å². The van der Waals surface area contributed by atoms with Crippen molar-refractivity contribution in [1.82, 2.24) is 4.98 Å². The number of benzene rings is 2. The Kier molecular flexibility index (Phi) is 3.74. The lowest BCUT2D eigenvalue weighted by atomic mass is 10.2. The highest BCUT2D eigenvalue weighted by molar-refractivity contribution is 9.10. The number of rotatable bonds is 2. The van der Waals surface area contributed by atoms with E-state index in [0.29, 0.717) is 22.2 Å². The average Bonchev–Trinajstić information content (AvgIpc) is 2.42. The van der Waals surface area contributed by atoms with Crippen molar-refractivity contribution in [3.05, 3.63) is 57.7 Å². The number of hydrogen-bond donors (Lipinski definition) is 1. The Morgan fingerprint density at radius 2 is 2.00 bits per heavy atom. The van der Waals surface area contributed by atoms with E-state index in [9.17, 15) is 0 Å². The number of hydrogen-bond acceptors (Lipinski definition) is 3. The summed E-state index contributed by atoms with van der Waals surface area (Å²) < 4.78 is 6.95. The summed E-state index contributed by atoms with van der Waals surface area (Å²) in [4.78, 5) is 4.30. The van der Waals surface area contributed by atoms with E-state index < -0.39 is 0 Å². The number of fused-ring (bicyclic) bond motifs is 1. The zero-order valence-electron chi connectivity index (χ0n) is 11.2. The van der Waals surface area contributed by atoms with Crippen LogP contribution >= 0.6 is 27.5 Å². The topological polar surface area (TPSA) is 48.1 Å². The van der Waals surface area contributed by atoms with Crippen LogP contribution in [-0.2, 0) is 0 Å². The van der Waals surface area contributed by atoms with E-state index in [4.69, 9.17) is 22.1 Å². The molecule has 0 bridgehead atoms. The fourth-order valence-electron chi connectivity index (χ4n) is 2.19. The number of nitrogens with zero attached hydrogens (tertiary/aromatic N) is 1. The van der Waals surface area contributed by atoms with Gasteiger partial charge in [0.2, 0.25) is 0 Å². The van der Waals surface area contributed by atoms with Crippen molar-refractivity contribution >= 4 is 44.1 Å². The van der Waals surface area contributed by atoms with Gasteiger partial charge in [0.15, 0.2) is 5.75 Å². The molecule has 0 amide bonds. The number of ether oxygens (including phenoxy) is 1. The number of aryl methyl sites for hydroxylation is 1. The summed E-state index contributed by atoms with van der Waals surface area (Å²) in [5, 5.41) is 1.54. The summed E-state index contributed by atoms with van der Waals surface area (Å²) in [7, 11) is 0. The number of nitrogen functional groups attached to an aromatic ring is 1. The van der Waals surface area contributed by atoms with Gasteiger partial charge in [0.05, 0.1) is 11.2 Å². The van der Waals surface area contributed by atoms with E-state index in [0.717, 1.165) is 20.9 Å². The quantitative estimate of drug-likeness (QED) is 0.626. The molecule has 0 aliphatic rings. The summed E-state index contributed by atoms with van der Waals surface area (Å²) >= 11 is 9.41. The minimum Gasteiger partial charge on any atom is -0.454 e. The summed E-state index contributed by atoms with van der Waals surface area (Å²) in [6.07, 6.45) is 1.69. The molecule has 0 unspecified atom stereocenters. The van der Waals surface area contributed by atoms with Gasteiger partial charge in [-0.05, 0) is 48.9 Å². The lowest BCUT2D eigenvalue weighted by molar-refractivity contribution is 0.486. The van der Waals surface area contributed by atoms with Gasteiger partial charge in [-0.25, -0.2) is 0 Å². The van der Waals surface area contributed by atoms with Gasteiger partial charge in [-0.15, -0.1) is 0 Å². The maximum Gasteiger partial charge on any atom is 0.153 e. The van der Waals surface area contributed by atoms with Crippen LogP contribution in [0.15, 0.2) is 47.1 Å². The van der Waals surface area contributed by atoms with Crippen LogP contribution < -0.4 is 10.5 Å². The molecule has 3 aromatic rings. The molecule has 2 aromatic carbocycles. The zero-order valence-corrected chi connectivity index (χ0v) is 13.6. The summed E-state index contributed by atoms with van der Waals surface area (Å²) in [6, 6.07) is 11.1. The maximum atomic E-state index is 6.05. The van der Waals surface area contributed by atoms with Gasteiger partial charge in [-0.3, -0.25) is 4.98 Å². The van der Waals surface area contributed by atoms with Crippen molar-refractivity contribution in [1.29, 1.82) is 0 Å². The normalized spacial score (nSPS) is 10.8. The summed E-state index contributed by atoms with van der Waals surface area (Å²) in [5.41, 5.74) is 8.38. The fraction of sp³-hybridized carbons (Fsp3) is 0.0625. The van der Waals surface area contributed by atoms with Crippen LogP contribution in [0.2, 0.25) is 5.02 Å². The van der Waals surface area contributed by atoms with Gasteiger partial charge in [0.1, 0.15) is 5.75 Å². The SMILES string of the molecule is Cc1cc(Br)cc(N)c1Oc1ccnc2cc(Cl)ccc12. The van der Waals surface area contributed by atoms with Crippen molar-refractivity contribution in [3.8, 4) is 11.5 Å². The lowest BCUT2D eigenvalue weighted by Gasteiger charge is -2.13. The molecule has 0 aliphatic heterocycles. The largest absolute Gasteiger partial charge is 0.454 e. The molecule has 0 saturated heterocycles. The Balaban J connectivity index is 2.11.